The third kappa shape index (κ3) is 3.22. The number of hydrogen-bond donors (Lipinski definition) is 2. The molecule has 1 amide bonds. The summed E-state index contributed by atoms with van der Waals surface area (Å²) in [5.41, 5.74) is 6.69. The molecule has 20 heavy (non-hydrogen) atoms. The molecule has 5 nitrogen and oxygen atoms in total. The van der Waals surface area contributed by atoms with Gasteiger partial charge in [0.15, 0.2) is 0 Å². The van der Waals surface area contributed by atoms with E-state index in [0.717, 1.165) is 25.7 Å². The van der Waals surface area contributed by atoms with Gasteiger partial charge in [0.25, 0.3) is 0 Å². The van der Waals surface area contributed by atoms with E-state index < -0.39 is 0 Å². The van der Waals surface area contributed by atoms with E-state index in [1.807, 2.05) is 0 Å². The van der Waals surface area contributed by atoms with Crippen LogP contribution in [0.3, 0.4) is 0 Å². The minimum atomic E-state index is -0.115. The summed E-state index contributed by atoms with van der Waals surface area (Å²) in [5, 5.41) is 2.91. The molecule has 110 valence electrons. The minimum absolute atomic E-state index is 0.0272. The first-order valence-electron chi connectivity index (χ1n) is 6.94. The predicted octanol–water partition coefficient (Wildman–Crippen LogP) is 2.16. The van der Waals surface area contributed by atoms with Crippen LogP contribution in [0.15, 0.2) is 18.2 Å². The predicted molar refractivity (Wildman–Crippen MR) is 78.1 cm³/mol. The number of methoxy groups -OCH3 is 2. The number of carbonyl (C=O) groups is 1. The number of carbonyl (C=O) groups excluding carboxylic acids is 1. The Morgan fingerprint density at radius 3 is 2.65 bits per heavy atom. The molecule has 0 spiro atoms. The summed E-state index contributed by atoms with van der Waals surface area (Å²) in [6, 6.07) is 5.27. The maximum atomic E-state index is 12.3. The van der Waals surface area contributed by atoms with Crippen molar-refractivity contribution in [1.29, 1.82) is 0 Å². The van der Waals surface area contributed by atoms with Crippen molar-refractivity contribution in [3.63, 3.8) is 0 Å². The van der Waals surface area contributed by atoms with Crippen LogP contribution < -0.4 is 20.5 Å². The molecule has 0 heterocycles. The third-order valence-electron chi connectivity index (χ3n) is 3.82. The molecule has 1 aromatic rings. The Hall–Kier alpha value is -1.75. The van der Waals surface area contributed by atoms with Gasteiger partial charge in [-0.15, -0.1) is 0 Å². The third-order valence-corrected chi connectivity index (χ3v) is 3.82. The molecule has 2 unspecified atom stereocenters. The lowest BCUT2D eigenvalue weighted by atomic mass is 9.84. The lowest BCUT2D eigenvalue weighted by Gasteiger charge is -2.27. The molecule has 5 heteroatoms. The van der Waals surface area contributed by atoms with Crippen molar-refractivity contribution in [2.45, 2.75) is 31.7 Å². The minimum Gasteiger partial charge on any atom is -0.497 e. The van der Waals surface area contributed by atoms with Crippen LogP contribution in [0.2, 0.25) is 0 Å². The Labute approximate surface area is 119 Å². The average molecular weight is 278 g/mol. The fraction of sp³-hybridized carbons (Fsp3) is 0.533. The average Bonchev–Trinajstić information content (AvgIpc) is 2.48. The van der Waals surface area contributed by atoms with Crippen LogP contribution in [-0.2, 0) is 4.79 Å². The van der Waals surface area contributed by atoms with Crippen molar-refractivity contribution in [2.24, 2.45) is 11.7 Å². The fourth-order valence-corrected chi connectivity index (χ4v) is 2.61. The largest absolute Gasteiger partial charge is 0.497 e. The fourth-order valence-electron chi connectivity index (χ4n) is 2.61. The highest BCUT2D eigenvalue weighted by molar-refractivity contribution is 5.94. The number of rotatable bonds is 4. The molecular weight excluding hydrogens is 256 g/mol. The molecule has 1 aliphatic rings. The van der Waals surface area contributed by atoms with Crippen LogP contribution in [0.4, 0.5) is 5.69 Å². The maximum absolute atomic E-state index is 12.3. The van der Waals surface area contributed by atoms with Crippen LogP contribution >= 0.6 is 0 Å². The van der Waals surface area contributed by atoms with Gasteiger partial charge in [0, 0.05) is 12.1 Å². The summed E-state index contributed by atoms with van der Waals surface area (Å²) in [4.78, 5) is 12.3. The SMILES string of the molecule is COc1ccc(NC(=O)C2CCCCC2N)c(OC)c1. The summed E-state index contributed by atoms with van der Waals surface area (Å²) < 4.78 is 10.4. The first-order chi connectivity index (χ1) is 9.65. The molecule has 0 saturated heterocycles. The Morgan fingerprint density at radius 2 is 2.00 bits per heavy atom. The molecule has 0 bridgehead atoms. The summed E-state index contributed by atoms with van der Waals surface area (Å²) in [5.74, 6) is 1.13. The first-order valence-corrected chi connectivity index (χ1v) is 6.94. The second-order valence-corrected chi connectivity index (χ2v) is 5.11. The van der Waals surface area contributed by atoms with Gasteiger partial charge in [-0.1, -0.05) is 12.8 Å². The number of nitrogens with one attached hydrogen (secondary N) is 1. The molecular formula is C15H22N2O3. The second-order valence-electron chi connectivity index (χ2n) is 5.11. The number of nitrogens with two attached hydrogens (primary N) is 1. The summed E-state index contributed by atoms with van der Waals surface area (Å²) in [6.07, 6.45) is 3.94. The van der Waals surface area contributed by atoms with Gasteiger partial charge >= 0.3 is 0 Å². The standard InChI is InChI=1S/C15H22N2O3/c1-19-10-7-8-13(14(9-10)20-2)17-15(18)11-5-3-4-6-12(11)16/h7-9,11-12H,3-6,16H2,1-2H3,(H,17,18). The van der Waals surface area contributed by atoms with Crippen LogP contribution in [0, 0.1) is 5.92 Å². The number of amides is 1. The van der Waals surface area contributed by atoms with Crippen molar-refractivity contribution in [3.05, 3.63) is 18.2 Å². The van der Waals surface area contributed by atoms with Crippen molar-refractivity contribution in [1.82, 2.24) is 0 Å². The van der Waals surface area contributed by atoms with E-state index in [1.54, 1.807) is 32.4 Å². The Balaban J connectivity index is 2.10. The van der Waals surface area contributed by atoms with E-state index in [1.165, 1.54) is 0 Å². The van der Waals surface area contributed by atoms with Gasteiger partial charge in [-0.25, -0.2) is 0 Å². The van der Waals surface area contributed by atoms with Crippen molar-refractivity contribution >= 4 is 11.6 Å². The van der Waals surface area contributed by atoms with Gasteiger partial charge in [-0.3, -0.25) is 4.79 Å². The summed E-state index contributed by atoms with van der Waals surface area (Å²) >= 11 is 0. The van der Waals surface area contributed by atoms with Gasteiger partial charge in [-0.05, 0) is 25.0 Å². The number of hydrogen-bond acceptors (Lipinski definition) is 4. The van der Waals surface area contributed by atoms with Gasteiger partial charge in [0.05, 0.1) is 25.8 Å². The zero-order valence-electron chi connectivity index (χ0n) is 12.0. The van der Waals surface area contributed by atoms with Crippen LogP contribution in [0.5, 0.6) is 11.5 Å². The normalized spacial score (nSPS) is 22.1. The highest BCUT2D eigenvalue weighted by Gasteiger charge is 2.28. The molecule has 2 rings (SSSR count). The van der Waals surface area contributed by atoms with Gasteiger partial charge in [-0.2, -0.15) is 0 Å². The Morgan fingerprint density at radius 1 is 1.25 bits per heavy atom. The monoisotopic (exact) mass is 278 g/mol. The topological polar surface area (TPSA) is 73.6 Å². The molecule has 1 aromatic carbocycles. The van der Waals surface area contributed by atoms with Gasteiger partial charge in [0.2, 0.25) is 5.91 Å². The smallest absolute Gasteiger partial charge is 0.229 e. The van der Waals surface area contributed by atoms with Crippen molar-refractivity contribution in [2.75, 3.05) is 19.5 Å². The number of anilines is 1. The van der Waals surface area contributed by atoms with E-state index in [0.29, 0.717) is 17.2 Å². The Kier molecular flexibility index (Phi) is 4.84. The zero-order valence-corrected chi connectivity index (χ0v) is 12.0. The summed E-state index contributed by atoms with van der Waals surface area (Å²) in [6.45, 7) is 0. The van der Waals surface area contributed by atoms with Crippen LogP contribution in [0.25, 0.3) is 0 Å². The summed E-state index contributed by atoms with van der Waals surface area (Å²) in [7, 11) is 3.16. The molecule has 0 radical (unpaired) electrons. The molecule has 1 aliphatic carbocycles. The van der Waals surface area contributed by atoms with E-state index in [2.05, 4.69) is 5.32 Å². The maximum Gasteiger partial charge on any atom is 0.229 e. The molecule has 2 atom stereocenters. The van der Waals surface area contributed by atoms with Gasteiger partial charge in [0.1, 0.15) is 11.5 Å². The van der Waals surface area contributed by atoms with Crippen LogP contribution in [-0.4, -0.2) is 26.2 Å². The van der Waals surface area contributed by atoms with E-state index in [4.69, 9.17) is 15.2 Å². The number of benzene rings is 1. The number of ether oxygens (including phenoxy) is 2. The van der Waals surface area contributed by atoms with Crippen molar-refractivity contribution in [3.8, 4) is 11.5 Å². The molecule has 0 aromatic heterocycles. The highest BCUT2D eigenvalue weighted by atomic mass is 16.5. The highest BCUT2D eigenvalue weighted by Crippen LogP contribution is 2.31. The van der Waals surface area contributed by atoms with Crippen LogP contribution in [0.1, 0.15) is 25.7 Å². The van der Waals surface area contributed by atoms with E-state index >= 15 is 0 Å². The lowest BCUT2D eigenvalue weighted by molar-refractivity contribution is -0.121. The lowest BCUT2D eigenvalue weighted by Crippen LogP contribution is -2.40. The molecule has 3 N–H and O–H groups in total. The van der Waals surface area contributed by atoms with E-state index in [9.17, 15) is 4.79 Å². The molecule has 1 saturated carbocycles. The van der Waals surface area contributed by atoms with Crippen molar-refractivity contribution < 1.29 is 14.3 Å². The molecule has 0 aliphatic heterocycles. The Bertz CT molecular complexity index is 476. The zero-order chi connectivity index (χ0) is 14.5. The first kappa shape index (κ1) is 14.7. The van der Waals surface area contributed by atoms with Gasteiger partial charge < -0.3 is 20.5 Å². The molecule has 1 fully saturated rings. The van der Waals surface area contributed by atoms with E-state index in [-0.39, 0.29) is 17.9 Å². The quantitative estimate of drug-likeness (QED) is 0.885. The second kappa shape index (κ2) is 6.61.